The first-order chi connectivity index (χ1) is 18.1. The van der Waals surface area contributed by atoms with E-state index in [0.717, 1.165) is 12.7 Å². The van der Waals surface area contributed by atoms with Gasteiger partial charge in [0.1, 0.15) is 5.75 Å². The van der Waals surface area contributed by atoms with Crippen LogP contribution in [0.4, 0.5) is 0 Å². The quantitative estimate of drug-likeness (QED) is 0.204. The molecular formula is C34H48I2O. The maximum atomic E-state index is 9.66. The lowest BCUT2D eigenvalue weighted by Crippen LogP contribution is -1.83. The Kier molecular flexibility index (Phi) is 30.8. The van der Waals surface area contributed by atoms with E-state index < -0.39 is 0 Å². The zero-order valence-electron chi connectivity index (χ0n) is 24.5. The Morgan fingerprint density at radius 3 is 0.838 bits per heavy atom. The molecule has 0 aliphatic carbocycles. The van der Waals surface area contributed by atoms with Gasteiger partial charge in [0.15, 0.2) is 0 Å². The minimum absolute atomic E-state index is 0.371. The molecule has 0 heterocycles. The Hall–Kier alpha value is -1.86. The van der Waals surface area contributed by atoms with Crippen LogP contribution in [0.2, 0.25) is 0 Å². The van der Waals surface area contributed by atoms with E-state index >= 15 is 0 Å². The summed E-state index contributed by atoms with van der Waals surface area (Å²) in [6.45, 7) is 20.0. The van der Waals surface area contributed by atoms with Crippen molar-refractivity contribution in [2.24, 2.45) is 0 Å². The summed E-state index contributed by atoms with van der Waals surface area (Å²) in [6, 6.07) is 34.9. The Morgan fingerprint density at radius 1 is 0.378 bits per heavy atom. The van der Waals surface area contributed by atoms with Crippen molar-refractivity contribution in [3.63, 3.8) is 0 Å². The van der Waals surface area contributed by atoms with Gasteiger partial charge in [-0.05, 0) is 79.6 Å². The second kappa shape index (κ2) is 28.7. The highest BCUT2D eigenvalue weighted by Gasteiger charge is 2.06. The number of benzene rings is 4. The lowest BCUT2D eigenvalue weighted by Gasteiger charge is -2.05. The van der Waals surface area contributed by atoms with Crippen molar-refractivity contribution < 1.29 is 5.11 Å². The van der Waals surface area contributed by atoms with Crippen molar-refractivity contribution in [2.75, 3.05) is 0 Å². The molecule has 204 valence electrons. The first-order valence-electron chi connectivity index (χ1n) is 13.5. The largest absolute Gasteiger partial charge is 0.506 e. The van der Waals surface area contributed by atoms with Gasteiger partial charge >= 0.3 is 0 Å². The molecule has 3 heteroatoms. The molecule has 0 saturated carbocycles. The monoisotopic (exact) mass is 726 g/mol. The highest BCUT2D eigenvalue weighted by Crippen LogP contribution is 2.31. The van der Waals surface area contributed by atoms with Gasteiger partial charge in [-0.15, -0.1) is 0 Å². The summed E-state index contributed by atoms with van der Waals surface area (Å²) in [6.07, 6.45) is 0. The summed E-state index contributed by atoms with van der Waals surface area (Å²) in [5.41, 5.74) is 4.87. The van der Waals surface area contributed by atoms with E-state index in [1.165, 1.54) is 16.7 Å². The van der Waals surface area contributed by atoms with E-state index in [4.69, 9.17) is 0 Å². The highest BCUT2D eigenvalue weighted by molar-refractivity contribution is 14.1. The van der Waals surface area contributed by atoms with Crippen LogP contribution in [0.25, 0.3) is 22.3 Å². The number of phenols is 1. The first-order valence-corrected chi connectivity index (χ1v) is 15.6. The Labute approximate surface area is 256 Å². The smallest absolute Gasteiger partial charge is 0.142 e. The van der Waals surface area contributed by atoms with Crippen LogP contribution < -0.4 is 0 Å². The average Bonchev–Trinajstić information content (AvgIpc) is 3.02. The molecule has 0 atom stereocenters. The molecule has 1 N–H and O–H groups in total. The second-order valence-corrected chi connectivity index (χ2v) is 8.21. The molecule has 1 nitrogen and oxygen atoms in total. The normalized spacial score (nSPS) is 8.11. The Morgan fingerprint density at radius 2 is 0.595 bits per heavy atom. The van der Waals surface area contributed by atoms with Gasteiger partial charge in [-0.25, -0.2) is 0 Å². The van der Waals surface area contributed by atoms with Crippen molar-refractivity contribution in [3.05, 3.63) is 110 Å². The minimum atomic E-state index is 0.371. The summed E-state index contributed by atoms with van der Waals surface area (Å²) < 4.78 is 1.77. The minimum Gasteiger partial charge on any atom is -0.506 e. The maximum absolute atomic E-state index is 9.66. The summed E-state index contributed by atoms with van der Waals surface area (Å²) in [7, 11) is 0. The van der Waals surface area contributed by atoms with E-state index in [1.54, 1.807) is 0 Å². The third-order valence-electron chi connectivity index (χ3n) is 4.00. The van der Waals surface area contributed by atoms with Crippen LogP contribution in [-0.4, -0.2) is 5.11 Å². The molecule has 0 fully saturated rings. The molecule has 4 rings (SSSR count). The van der Waals surface area contributed by atoms with Crippen LogP contribution in [0.5, 0.6) is 5.75 Å². The number of phenolic OH excluding ortho intramolecular Hbond substituents is 1. The predicted octanol–water partition coefficient (Wildman–Crippen LogP) is 12.8. The molecule has 37 heavy (non-hydrogen) atoms. The van der Waals surface area contributed by atoms with Crippen LogP contribution >= 0.6 is 45.2 Å². The van der Waals surface area contributed by atoms with Gasteiger partial charge in [0, 0.05) is 0 Å². The number of halogens is 2. The van der Waals surface area contributed by atoms with Gasteiger partial charge < -0.3 is 5.11 Å². The fraction of sp³-hybridized carbons (Fsp3) is 0.294. The molecule has 4 aromatic carbocycles. The molecule has 0 unspecified atom stereocenters. The highest BCUT2D eigenvalue weighted by atomic mass is 127. The van der Waals surface area contributed by atoms with Crippen molar-refractivity contribution in [3.8, 4) is 28.0 Å². The molecule has 0 saturated heterocycles. The molecule has 0 aromatic heterocycles. The van der Waals surface area contributed by atoms with Gasteiger partial charge in [-0.1, -0.05) is 160 Å². The van der Waals surface area contributed by atoms with E-state index in [-0.39, 0.29) is 0 Å². The summed E-state index contributed by atoms with van der Waals surface area (Å²) >= 11 is 4.30. The third kappa shape index (κ3) is 16.6. The zero-order valence-corrected chi connectivity index (χ0v) is 28.8. The van der Waals surface area contributed by atoms with E-state index in [9.17, 15) is 5.11 Å². The molecule has 0 radical (unpaired) electrons. The average molecular weight is 727 g/mol. The van der Waals surface area contributed by atoms with Gasteiger partial charge in [0.2, 0.25) is 0 Å². The van der Waals surface area contributed by atoms with E-state index in [0.29, 0.717) is 5.75 Å². The third-order valence-corrected chi connectivity index (χ3v) is 5.65. The number of aromatic hydroxyl groups is 1. The molecule has 4 aromatic rings. The first kappa shape index (κ1) is 39.6. The van der Waals surface area contributed by atoms with Crippen LogP contribution in [-0.2, 0) is 0 Å². The Bertz CT molecular complexity index is 925. The number of hydrogen-bond acceptors (Lipinski definition) is 1. The van der Waals surface area contributed by atoms with Gasteiger partial charge in [0.05, 0.1) is 7.14 Å². The predicted molar refractivity (Wildman–Crippen MR) is 188 cm³/mol. The van der Waals surface area contributed by atoms with Crippen LogP contribution in [0, 0.1) is 7.14 Å². The lowest BCUT2D eigenvalue weighted by atomic mass is 10.1. The number of rotatable bonds is 2. The SMILES string of the molecule is CC.CC.CC.CC.CC.Oc1c(I)cc(-c2ccccc2)cc1I.c1ccc(-c2ccccc2)cc1. The number of hydrogen-bond donors (Lipinski definition) is 1. The van der Waals surface area contributed by atoms with Gasteiger partial charge in [-0.3, -0.25) is 0 Å². The van der Waals surface area contributed by atoms with Crippen molar-refractivity contribution in [2.45, 2.75) is 69.2 Å². The standard InChI is InChI=1S/C12H8I2O.C12H10.5C2H6/c13-10-6-9(7-11(14)12(10)15)8-4-2-1-3-5-8;1-3-7-11(8-4-1)12-9-5-2-6-10-12;5*1-2/h1-7,15H;1-10H;5*1-2H3. The summed E-state index contributed by atoms with van der Waals surface area (Å²) in [5, 5.41) is 9.66. The fourth-order valence-corrected chi connectivity index (χ4v) is 4.39. The van der Waals surface area contributed by atoms with Crippen molar-refractivity contribution in [1.29, 1.82) is 0 Å². The molecule has 0 spiro atoms. The van der Waals surface area contributed by atoms with Gasteiger partial charge in [0.25, 0.3) is 0 Å². The molecule has 0 aliphatic heterocycles. The molecule has 0 bridgehead atoms. The van der Waals surface area contributed by atoms with E-state index in [1.807, 2.05) is 112 Å². The zero-order chi connectivity index (χ0) is 29.1. The molecule has 0 amide bonds. The lowest BCUT2D eigenvalue weighted by molar-refractivity contribution is 0.468. The summed E-state index contributed by atoms with van der Waals surface area (Å²) in [4.78, 5) is 0. The van der Waals surface area contributed by atoms with Crippen molar-refractivity contribution in [1.82, 2.24) is 0 Å². The molecule has 0 aliphatic rings. The van der Waals surface area contributed by atoms with Crippen LogP contribution in [0.1, 0.15) is 69.2 Å². The second-order valence-electron chi connectivity index (χ2n) is 5.89. The Balaban J connectivity index is -0.000000473. The van der Waals surface area contributed by atoms with E-state index in [2.05, 4.69) is 106 Å². The maximum Gasteiger partial charge on any atom is 0.142 e. The van der Waals surface area contributed by atoms with Gasteiger partial charge in [-0.2, -0.15) is 0 Å². The molecular weight excluding hydrogens is 678 g/mol. The topological polar surface area (TPSA) is 20.2 Å². The summed E-state index contributed by atoms with van der Waals surface area (Å²) in [5.74, 6) is 0.371. The van der Waals surface area contributed by atoms with Crippen LogP contribution in [0.3, 0.4) is 0 Å². The fourth-order valence-electron chi connectivity index (χ4n) is 2.62. The van der Waals surface area contributed by atoms with Crippen LogP contribution in [0.15, 0.2) is 103 Å². The van der Waals surface area contributed by atoms with Crippen molar-refractivity contribution >= 4 is 45.2 Å².